The molecule has 1 spiro atoms. The molecule has 62 heavy (non-hydrogen) atoms. The van der Waals surface area contributed by atoms with E-state index >= 15 is 4.79 Å². The van der Waals surface area contributed by atoms with E-state index in [0.29, 0.717) is 95.0 Å². The Kier molecular flexibility index (Phi) is 10.6. The number of rotatable bonds is 10. The highest BCUT2D eigenvalue weighted by Gasteiger charge is 2.78. The van der Waals surface area contributed by atoms with Gasteiger partial charge in [-0.25, -0.2) is 0 Å². The predicted molar refractivity (Wildman–Crippen MR) is 241 cm³/mol. The van der Waals surface area contributed by atoms with E-state index in [1.165, 1.54) is 7.11 Å². The number of nitrogens with one attached hydrogen (secondary N) is 2. The third kappa shape index (κ3) is 6.06. The number of carbonyl (C=O) groups is 2. The number of hydrogen-bond donors (Lipinski definition) is 6. The van der Waals surface area contributed by atoms with Gasteiger partial charge in [-0.2, -0.15) is 0 Å². The van der Waals surface area contributed by atoms with Crippen molar-refractivity contribution in [2.45, 2.75) is 118 Å². The minimum Gasteiger partial charge on any atom is -0.496 e. The van der Waals surface area contributed by atoms with Crippen molar-refractivity contribution in [1.82, 2.24) is 20.1 Å². The zero-order chi connectivity index (χ0) is 44.2. The second kappa shape index (κ2) is 15.2. The number of aliphatic hydroxyl groups excluding tert-OH is 1. The number of aromatic nitrogens is 1. The summed E-state index contributed by atoms with van der Waals surface area (Å²) in [6.45, 7) is 11.4. The lowest BCUT2D eigenvalue weighted by Gasteiger charge is -2.63. The maximum Gasteiger partial charge on any atom is 0.322 e. The quantitative estimate of drug-likeness (QED) is 0.0756. The number of H-pyrrole nitrogens is 1. The van der Waals surface area contributed by atoms with Gasteiger partial charge in [0.25, 0.3) is 5.91 Å². The number of anilines is 1. The van der Waals surface area contributed by atoms with Crippen LogP contribution in [0.3, 0.4) is 0 Å². The van der Waals surface area contributed by atoms with E-state index in [2.05, 4.69) is 44.4 Å². The lowest BCUT2D eigenvalue weighted by Crippen LogP contribution is -2.81. The van der Waals surface area contributed by atoms with Crippen LogP contribution in [0, 0.1) is 11.3 Å². The van der Waals surface area contributed by atoms with E-state index in [4.69, 9.17) is 9.47 Å². The van der Waals surface area contributed by atoms with E-state index in [-0.39, 0.29) is 18.5 Å². The highest BCUT2D eigenvalue weighted by molar-refractivity contribution is 6.69. The van der Waals surface area contributed by atoms with E-state index in [1.54, 1.807) is 7.11 Å². The van der Waals surface area contributed by atoms with Crippen LogP contribution < -0.4 is 15.0 Å². The summed E-state index contributed by atoms with van der Waals surface area (Å²) in [5.41, 5.74) is -1.42. The monoisotopic (exact) mass is 869 g/mol. The summed E-state index contributed by atoms with van der Waals surface area (Å²) in [6.07, 6.45) is 6.41. The Morgan fingerprint density at radius 2 is 1.81 bits per heavy atom. The molecule has 2 aromatic carbocycles. The molecule has 1 amide bonds. The van der Waals surface area contributed by atoms with Crippen LogP contribution in [0.4, 0.5) is 5.69 Å². The van der Waals surface area contributed by atoms with Gasteiger partial charge in [-0.1, -0.05) is 44.2 Å². The van der Waals surface area contributed by atoms with Crippen molar-refractivity contribution in [3.8, 4) is 5.75 Å². The van der Waals surface area contributed by atoms with Crippen molar-refractivity contribution < 1.29 is 39.2 Å². The van der Waals surface area contributed by atoms with Gasteiger partial charge in [-0.15, -0.1) is 0 Å². The number of ether oxygens (including phenoxy) is 2. The molecule has 2 unspecified atom stereocenters. The Bertz CT molecular complexity index is 2300. The topological polar surface area (TPSA) is 171 Å². The molecule has 0 radical (unpaired) electrons. The molecule has 1 aromatic heterocycles. The first kappa shape index (κ1) is 43.5. The average molecular weight is 870 g/mol. The predicted octanol–water partition coefficient (Wildman–Crippen LogP) is 3.95. The summed E-state index contributed by atoms with van der Waals surface area (Å²) in [5, 5.41) is 42.2. The Morgan fingerprint density at radius 3 is 2.52 bits per heavy atom. The highest BCUT2D eigenvalue weighted by Crippen LogP contribution is 2.67. The average Bonchev–Trinajstić information content (AvgIpc) is 3.91. The summed E-state index contributed by atoms with van der Waals surface area (Å²) in [6, 6.07) is 11.7. The van der Waals surface area contributed by atoms with E-state index in [1.807, 2.05) is 63.2 Å². The number of methoxy groups -OCH3 is 2. The third-order valence-corrected chi connectivity index (χ3v) is 18.0. The van der Waals surface area contributed by atoms with Gasteiger partial charge in [0.1, 0.15) is 17.3 Å². The van der Waals surface area contributed by atoms with Crippen LogP contribution in [-0.2, 0) is 31.6 Å². The van der Waals surface area contributed by atoms with Gasteiger partial charge in [-0.3, -0.25) is 19.4 Å². The maximum absolute atomic E-state index is 15.4. The number of benzene rings is 2. The highest BCUT2D eigenvalue weighted by atomic mass is 28.4. The van der Waals surface area contributed by atoms with Gasteiger partial charge in [0.15, 0.2) is 13.9 Å². The Labute approximate surface area is 366 Å². The van der Waals surface area contributed by atoms with Gasteiger partial charge < -0.3 is 44.8 Å². The molecule has 1 saturated carbocycles. The molecular weight excluding hydrogens is 803 g/mol. The number of para-hydroxylation sites is 1. The standard InChI is InChI=1S/C48H67N5O8Si/c1-8-44(57)26-30-27-47(43(56)61-5,38-32(16-21-52(28-30)29-44)31-14-10-11-15-35(31)50-38)34-24-33-36(25-37(34)60-4)51(3)40-46(33)18-22-53-20-12-17-45(9-2,39(46)53)41(54)48(40,58)42(55)49-19-13-23-62(6,7)59/h10-12,14-15,17,24-25,30,39-41,50,54,57-59H,8-9,13,16,18-23,26-29H2,1-7H3,(H,49,55)/t30-,39+,40-,41-,44+,45-,46?,47+,48+/m1/s1. The van der Waals surface area contributed by atoms with Crippen molar-refractivity contribution in [1.29, 1.82) is 0 Å². The van der Waals surface area contributed by atoms with E-state index in [0.717, 1.165) is 33.4 Å². The molecule has 13 nitrogen and oxygen atoms in total. The fourth-order valence-electron chi connectivity index (χ4n) is 13.9. The molecule has 1 aliphatic carbocycles. The summed E-state index contributed by atoms with van der Waals surface area (Å²) in [4.78, 5) is 51.3. The van der Waals surface area contributed by atoms with E-state index in [9.17, 15) is 24.9 Å². The Morgan fingerprint density at radius 1 is 1.03 bits per heavy atom. The molecule has 6 aliphatic rings. The third-order valence-electron chi connectivity index (χ3n) is 16.5. The Balaban J connectivity index is 1.29. The zero-order valence-corrected chi connectivity index (χ0v) is 38.6. The van der Waals surface area contributed by atoms with Crippen LogP contribution in [0.15, 0.2) is 48.6 Å². The molecule has 5 aliphatic heterocycles. The first-order valence-corrected chi connectivity index (χ1v) is 26.0. The van der Waals surface area contributed by atoms with Crippen LogP contribution >= 0.6 is 0 Å². The number of piperidine rings is 1. The maximum atomic E-state index is 15.4. The van der Waals surface area contributed by atoms with Gasteiger partial charge in [0, 0.05) is 90.6 Å². The molecule has 3 fully saturated rings. The number of fused-ring (bicyclic) bond motifs is 6. The molecule has 14 heteroatoms. The molecule has 336 valence electrons. The molecule has 2 saturated heterocycles. The second-order valence-corrected chi connectivity index (χ2v) is 24.4. The first-order chi connectivity index (χ1) is 29.5. The number of esters is 1. The second-order valence-electron chi connectivity index (χ2n) is 20.3. The van der Waals surface area contributed by atoms with Crippen molar-refractivity contribution in [2.75, 3.05) is 65.4 Å². The summed E-state index contributed by atoms with van der Waals surface area (Å²) in [7, 11) is 2.58. The SMILES string of the molecule is CC[C@]1(O)C[C@H]2CN(CCc3c([nH]c4ccccc34)[C@@](C(=O)OC)(c3cc4c(cc3OC)N(C)[C@@H]3C45CCN4CC=C[C@](CC)([C@H]45)[C@@H](O)[C@]3(O)C(=O)NCCC[Si](C)(C)O)C2)C1. The summed E-state index contributed by atoms with van der Waals surface area (Å²) >= 11 is 0. The Hall–Kier alpha value is -3.76. The largest absolute Gasteiger partial charge is 0.496 e. The lowest BCUT2D eigenvalue weighted by molar-refractivity contribution is -0.203. The number of carbonyl (C=O) groups excluding carboxylic acids is 2. The molecule has 6 heterocycles. The number of aliphatic hydroxyl groups is 3. The lowest BCUT2D eigenvalue weighted by atomic mass is 9.47. The molecule has 3 aromatic rings. The van der Waals surface area contributed by atoms with Crippen LogP contribution in [-0.4, -0.2) is 145 Å². The van der Waals surface area contributed by atoms with Crippen molar-refractivity contribution >= 4 is 36.8 Å². The molecule has 10 atom stereocenters. The molecule has 9 rings (SSSR count). The smallest absolute Gasteiger partial charge is 0.322 e. The number of hydrogen-bond acceptors (Lipinski definition) is 11. The van der Waals surface area contributed by atoms with Gasteiger partial charge >= 0.3 is 5.97 Å². The molecule has 2 bridgehead atoms. The fraction of sp³-hybridized carbons (Fsp3) is 0.625. The number of aromatic amines is 1. The van der Waals surface area contributed by atoms with Crippen molar-refractivity contribution in [3.05, 3.63) is 70.9 Å². The minimum absolute atomic E-state index is 0.0902. The van der Waals surface area contributed by atoms with Crippen LogP contribution in [0.2, 0.25) is 19.1 Å². The van der Waals surface area contributed by atoms with Crippen molar-refractivity contribution in [3.63, 3.8) is 0 Å². The fourth-order valence-corrected chi connectivity index (χ4v) is 14.9. The van der Waals surface area contributed by atoms with Gasteiger partial charge in [0.2, 0.25) is 0 Å². The van der Waals surface area contributed by atoms with Crippen LogP contribution in [0.5, 0.6) is 5.75 Å². The normalized spacial score (nSPS) is 36.2. The van der Waals surface area contributed by atoms with E-state index < -0.39 is 59.8 Å². The minimum atomic E-state index is -2.38. The number of likely N-dealkylation sites (N-methyl/N-ethyl adjacent to an activating group) is 1. The number of amides is 1. The number of nitrogens with zero attached hydrogens (tertiary/aromatic N) is 3. The van der Waals surface area contributed by atoms with Crippen LogP contribution in [0.1, 0.15) is 74.8 Å². The molecule has 6 N–H and O–H groups in total. The summed E-state index contributed by atoms with van der Waals surface area (Å²) in [5.74, 6) is -0.670. The zero-order valence-electron chi connectivity index (χ0n) is 37.6. The molecular formula is C48H67N5O8Si. The first-order valence-electron chi connectivity index (χ1n) is 22.9. The van der Waals surface area contributed by atoms with Gasteiger partial charge in [0.05, 0.1) is 25.9 Å². The van der Waals surface area contributed by atoms with Crippen LogP contribution in [0.25, 0.3) is 10.9 Å². The van der Waals surface area contributed by atoms with Gasteiger partial charge in [-0.05, 0) is 99.8 Å². The summed E-state index contributed by atoms with van der Waals surface area (Å²) < 4.78 is 12.4. The van der Waals surface area contributed by atoms with Crippen molar-refractivity contribution in [2.24, 2.45) is 11.3 Å².